The second-order valence-corrected chi connectivity index (χ2v) is 6.45. The minimum absolute atomic E-state index is 0.0544. The number of rotatable bonds is 5. The summed E-state index contributed by atoms with van der Waals surface area (Å²) < 4.78 is 5.70. The first-order valence-electron chi connectivity index (χ1n) is 8.35. The number of nitro benzene ring substituents is 1. The zero-order valence-corrected chi connectivity index (χ0v) is 15.6. The maximum atomic E-state index is 12.5. The first-order chi connectivity index (χ1) is 13.4. The number of non-ortho nitro benzene ring substituents is 1. The van der Waals surface area contributed by atoms with E-state index in [2.05, 4.69) is 10.6 Å². The lowest BCUT2D eigenvalue weighted by molar-refractivity contribution is -0.384. The summed E-state index contributed by atoms with van der Waals surface area (Å²) in [5.41, 5.74) is 0.785. The fourth-order valence-corrected chi connectivity index (χ4v) is 3.06. The summed E-state index contributed by atoms with van der Waals surface area (Å²) in [7, 11) is 1.51. The van der Waals surface area contributed by atoms with Gasteiger partial charge in [-0.2, -0.15) is 0 Å². The van der Waals surface area contributed by atoms with E-state index in [0.717, 1.165) is 0 Å². The van der Waals surface area contributed by atoms with Crippen molar-refractivity contribution in [3.05, 3.63) is 57.6 Å². The molecule has 2 aromatic rings. The number of nitrogens with zero attached hydrogens (tertiary/aromatic N) is 2. The van der Waals surface area contributed by atoms with Crippen molar-refractivity contribution in [1.82, 2.24) is 5.32 Å². The van der Waals surface area contributed by atoms with Crippen LogP contribution in [0.4, 0.5) is 17.1 Å². The van der Waals surface area contributed by atoms with E-state index in [-0.39, 0.29) is 41.3 Å². The molecule has 0 saturated carbocycles. The van der Waals surface area contributed by atoms with Gasteiger partial charge in [0.25, 0.3) is 11.6 Å². The molecule has 0 aromatic heterocycles. The van der Waals surface area contributed by atoms with Gasteiger partial charge >= 0.3 is 0 Å². The molecule has 0 radical (unpaired) electrons. The molecule has 3 rings (SSSR count). The van der Waals surface area contributed by atoms with Gasteiger partial charge in [0.05, 0.1) is 34.4 Å². The molecule has 0 aliphatic carbocycles. The highest BCUT2D eigenvalue weighted by atomic mass is 35.5. The van der Waals surface area contributed by atoms with Crippen molar-refractivity contribution < 1.29 is 19.2 Å². The molecule has 0 unspecified atom stereocenters. The van der Waals surface area contributed by atoms with Gasteiger partial charge in [-0.15, -0.1) is 0 Å². The van der Waals surface area contributed by atoms with E-state index in [0.29, 0.717) is 11.4 Å². The van der Waals surface area contributed by atoms with E-state index in [1.807, 2.05) is 0 Å². The lowest BCUT2D eigenvalue weighted by Gasteiger charge is -2.35. The second kappa shape index (κ2) is 8.13. The number of amides is 2. The molecule has 9 nitrogen and oxygen atoms in total. The fourth-order valence-electron chi connectivity index (χ4n) is 2.84. The molecule has 28 heavy (non-hydrogen) atoms. The molecule has 0 bridgehead atoms. The number of hydrogen-bond donors (Lipinski definition) is 2. The van der Waals surface area contributed by atoms with E-state index >= 15 is 0 Å². The van der Waals surface area contributed by atoms with Crippen molar-refractivity contribution in [1.29, 1.82) is 0 Å². The Morgan fingerprint density at radius 3 is 2.75 bits per heavy atom. The van der Waals surface area contributed by atoms with Crippen LogP contribution in [0.5, 0.6) is 5.75 Å². The van der Waals surface area contributed by atoms with Crippen LogP contribution in [-0.4, -0.2) is 43.0 Å². The van der Waals surface area contributed by atoms with Gasteiger partial charge in [0.2, 0.25) is 5.91 Å². The number of halogens is 1. The van der Waals surface area contributed by atoms with Crippen molar-refractivity contribution in [2.24, 2.45) is 0 Å². The van der Waals surface area contributed by atoms with Gasteiger partial charge in [0.1, 0.15) is 5.75 Å². The zero-order valence-electron chi connectivity index (χ0n) is 14.8. The van der Waals surface area contributed by atoms with Crippen LogP contribution in [0.2, 0.25) is 5.02 Å². The predicted molar refractivity (Wildman–Crippen MR) is 104 cm³/mol. The molecule has 0 spiro atoms. The van der Waals surface area contributed by atoms with Gasteiger partial charge in [-0.3, -0.25) is 19.7 Å². The highest BCUT2D eigenvalue weighted by molar-refractivity contribution is 6.34. The largest absolute Gasteiger partial charge is 0.477 e. The number of nitrogens with one attached hydrogen (secondary N) is 2. The number of carbonyl (C=O) groups excluding carboxylic acids is 2. The highest BCUT2D eigenvalue weighted by Gasteiger charge is 2.31. The molecule has 1 aliphatic heterocycles. The minimum Gasteiger partial charge on any atom is -0.477 e. The van der Waals surface area contributed by atoms with Gasteiger partial charge in [0, 0.05) is 19.2 Å². The quantitative estimate of drug-likeness (QED) is 0.583. The van der Waals surface area contributed by atoms with E-state index < -0.39 is 11.0 Å². The second-order valence-electron chi connectivity index (χ2n) is 6.04. The van der Waals surface area contributed by atoms with Crippen molar-refractivity contribution in [2.45, 2.75) is 6.10 Å². The number of likely N-dealkylation sites (N-methyl/N-ethyl adjacent to an activating group) is 1. The van der Waals surface area contributed by atoms with Crippen LogP contribution in [0.15, 0.2) is 42.5 Å². The number of ether oxygens (including phenoxy) is 1. The van der Waals surface area contributed by atoms with Crippen molar-refractivity contribution in [2.75, 3.05) is 30.4 Å². The normalized spacial score (nSPS) is 15.2. The molecule has 2 aromatic carbocycles. The van der Waals surface area contributed by atoms with Gasteiger partial charge in [0.15, 0.2) is 6.10 Å². The molecular weight excluding hydrogens is 388 g/mol. The fraction of sp³-hybridized carbons (Fsp3) is 0.222. The Labute approximate surface area is 165 Å². The molecular formula is C18H17ClN4O5. The van der Waals surface area contributed by atoms with Crippen molar-refractivity contribution in [3.63, 3.8) is 0 Å². The van der Waals surface area contributed by atoms with Crippen LogP contribution in [0, 0.1) is 10.1 Å². The van der Waals surface area contributed by atoms with Gasteiger partial charge < -0.3 is 20.3 Å². The molecule has 1 heterocycles. The third-order valence-corrected chi connectivity index (χ3v) is 4.48. The zero-order chi connectivity index (χ0) is 20.3. The standard InChI is InChI=1S/C18H17ClN4O5/c1-20-18(25)16-9-22(14-4-2-3-5-15(14)28-16)10-17(24)21-13-7-6-11(23(26)27)8-12(13)19/h2-8,16H,9-10H2,1H3,(H,20,25)(H,21,24)/t16-/m0/s1. The number of benzene rings is 2. The monoisotopic (exact) mass is 404 g/mol. The van der Waals surface area contributed by atoms with Crippen LogP contribution in [0.3, 0.4) is 0 Å². The number of nitro groups is 1. The van der Waals surface area contributed by atoms with Crippen molar-refractivity contribution >= 4 is 40.5 Å². The summed E-state index contributed by atoms with van der Waals surface area (Å²) in [6, 6.07) is 10.9. The Balaban J connectivity index is 1.76. The number of carbonyl (C=O) groups is 2. The smallest absolute Gasteiger partial charge is 0.271 e. The maximum Gasteiger partial charge on any atom is 0.271 e. The Morgan fingerprint density at radius 1 is 1.32 bits per heavy atom. The average molecular weight is 405 g/mol. The first kappa shape index (κ1) is 19.4. The van der Waals surface area contributed by atoms with Crippen LogP contribution in [0.25, 0.3) is 0 Å². The Morgan fingerprint density at radius 2 is 2.07 bits per heavy atom. The Kier molecular flexibility index (Phi) is 5.65. The van der Waals surface area contributed by atoms with Crippen LogP contribution in [-0.2, 0) is 9.59 Å². The van der Waals surface area contributed by atoms with Gasteiger partial charge in [-0.1, -0.05) is 23.7 Å². The van der Waals surface area contributed by atoms with E-state index in [9.17, 15) is 19.7 Å². The van der Waals surface area contributed by atoms with Crippen LogP contribution < -0.4 is 20.3 Å². The molecule has 0 fully saturated rings. The Bertz CT molecular complexity index is 936. The summed E-state index contributed by atoms with van der Waals surface area (Å²) in [4.78, 5) is 36.5. The first-order valence-corrected chi connectivity index (χ1v) is 8.73. The summed E-state index contributed by atoms with van der Waals surface area (Å²) in [6.07, 6.45) is -0.754. The van der Waals surface area contributed by atoms with Gasteiger partial charge in [-0.05, 0) is 18.2 Å². The van der Waals surface area contributed by atoms with E-state index in [4.69, 9.17) is 16.3 Å². The lowest BCUT2D eigenvalue weighted by Crippen LogP contribution is -2.50. The van der Waals surface area contributed by atoms with Gasteiger partial charge in [-0.25, -0.2) is 0 Å². The number of hydrogen-bond acceptors (Lipinski definition) is 6. The van der Waals surface area contributed by atoms with E-state index in [1.165, 1.54) is 25.2 Å². The van der Waals surface area contributed by atoms with Crippen LogP contribution >= 0.6 is 11.6 Å². The molecule has 2 N–H and O–H groups in total. The molecule has 10 heteroatoms. The minimum atomic E-state index is -0.754. The molecule has 0 saturated heterocycles. The average Bonchev–Trinajstić information content (AvgIpc) is 2.68. The maximum absolute atomic E-state index is 12.5. The summed E-state index contributed by atoms with van der Waals surface area (Å²) in [5, 5.41) is 16.0. The summed E-state index contributed by atoms with van der Waals surface area (Å²) in [5.74, 6) is -0.176. The van der Waals surface area contributed by atoms with Crippen molar-refractivity contribution in [3.8, 4) is 5.75 Å². The topological polar surface area (TPSA) is 114 Å². The number of fused-ring (bicyclic) bond motifs is 1. The molecule has 1 aliphatic rings. The summed E-state index contributed by atoms with van der Waals surface area (Å²) >= 11 is 6.02. The van der Waals surface area contributed by atoms with Crippen LogP contribution in [0.1, 0.15) is 0 Å². The number of anilines is 2. The molecule has 146 valence electrons. The summed E-state index contributed by atoms with van der Waals surface area (Å²) in [6.45, 7) is 0.138. The Hall–Kier alpha value is -3.33. The predicted octanol–water partition coefficient (Wildman–Crippen LogP) is 2.20. The lowest BCUT2D eigenvalue weighted by atomic mass is 10.1. The number of para-hydroxylation sites is 2. The molecule has 1 atom stereocenters. The highest BCUT2D eigenvalue weighted by Crippen LogP contribution is 2.33. The van der Waals surface area contributed by atoms with E-state index in [1.54, 1.807) is 29.2 Å². The SMILES string of the molecule is CNC(=O)[C@@H]1CN(CC(=O)Nc2ccc([N+](=O)[O-])cc2Cl)c2ccccc2O1. The molecule has 2 amide bonds. The third kappa shape index (κ3) is 4.15. The third-order valence-electron chi connectivity index (χ3n) is 4.17.